The van der Waals surface area contributed by atoms with E-state index in [9.17, 15) is 13.2 Å². The zero-order valence-electron chi connectivity index (χ0n) is 8.26. The Labute approximate surface area is 79.9 Å². The van der Waals surface area contributed by atoms with Gasteiger partial charge in [0, 0.05) is 6.04 Å². The first kappa shape index (κ1) is 11.0. The first-order valence-electron chi connectivity index (χ1n) is 4.39. The Morgan fingerprint density at radius 2 is 1.93 bits per heavy atom. The minimum absolute atomic E-state index is 0.00574. The number of hydrogen-bond donors (Lipinski definition) is 0. The van der Waals surface area contributed by atoms with E-state index in [2.05, 4.69) is 10.3 Å². The summed E-state index contributed by atoms with van der Waals surface area (Å²) in [7, 11) is 0. The van der Waals surface area contributed by atoms with Gasteiger partial charge >= 0.3 is 6.18 Å². The Morgan fingerprint density at radius 3 is 2.29 bits per heavy atom. The summed E-state index contributed by atoms with van der Waals surface area (Å²) >= 11 is 0. The highest BCUT2D eigenvalue weighted by Crippen LogP contribution is 2.32. The maximum atomic E-state index is 12.6. The maximum Gasteiger partial charge on any atom is 0.434 e. The Bertz CT molecular complexity index is 314. The number of nitrogens with zero attached hydrogens (tertiary/aromatic N) is 3. The van der Waals surface area contributed by atoms with Crippen molar-refractivity contribution < 1.29 is 13.2 Å². The van der Waals surface area contributed by atoms with Gasteiger partial charge in [-0.1, -0.05) is 12.1 Å². The topological polar surface area (TPSA) is 30.7 Å². The van der Waals surface area contributed by atoms with Crippen molar-refractivity contribution in [2.24, 2.45) is 0 Å². The lowest BCUT2D eigenvalue weighted by atomic mass is 10.2. The second-order valence-electron chi connectivity index (χ2n) is 3.27. The molecule has 0 saturated heterocycles. The zero-order chi connectivity index (χ0) is 10.9. The summed E-state index contributed by atoms with van der Waals surface area (Å²) in [5.74, 6) is 0. The van der Waals surface area contributed by atoms with Gasteiger partial charge in [0.25, 0.3) is 0 Å². The summed E-state index contributed by atoms with van der Waals surface area (Å²) in [6.45, 7) is 4.91. The largest absolute Gasteiger partial charge is 0.434 e. The summed E-state index contributed by atoms with van der Waals surface area (Å²) < 4.78 is 38.7. The molecule has 3 nitrogen and oxygen atoms in total. The van der Waals surface area contributed by atoms with E-state index in [4.69, 9.17) is 0 Å². The molecule has 6 heteroatoms. The van der Waals surface area contributed by atoms with Crippen LogP contribution in [0.5, 0.6) is 0 Å². The molecule has 0 N–H and O–H groups in total. The van der Waals surface area contributed by atoms with Crippen molar-refractivity contribution in [1.82, 2.24) is 15.0 Å². The Balaban J connectivity index is 3.27. The molecule has 0 unspecified atom stereocenters. The molecule has 0 fully saturated rings. The van der Waals surface area contributed by atoms with E-state index < -0.39 is 11.9 Å². The monoisotopic (exact) mass is 207 g/mol. The van der Waals surface area contributed by atoms with Crippen molar-refractivity contribution >= 4 is 0 Å². The van der Waals surface area contributed by atoms with Gasteiger partial charge in [-0.05, 0) is 20.3 Å². The van der Waals surface area contributed by atoms with Gasteiger partial charge in [-0.25, -0.2) is 4.68 Å². The van der Waals surface area contributed by atoms with E-state index in [0.717, 1.165) is 4.68 Å². The summed E-state index contributed by atoms with van der Waals surface area (Å²) in [6, 6.07) is -0.334. The molecule has 0 amide bonds. The highest BCUT2D eigenvalue weighted by Gasteiger charge is 2.39. The number of hydrogen-bond acceptors (Lipinski definition) is 2. The number of alkyl halides is 3. The molecule has 0 aliphatic carbocycles. The van der Waals surface area contributed by atoms with Crippen LogP contribution < -0.4 is 0 Å². The van der Waals surface area contributed by atoms with E-state index in [-0.39, 0.29) is 18.2 Å². The maximum absolute atomic E-state index is 12.6. The molecule has 1 rings (SSSR count). The van der Waals surface area contributed by atoms with Gasteiger partial charge in [0.2, 0.25) is 0 Å². The van der Waals surface area contributed by atoms with Crippen molar-refractivity contribution in [3.63, 3.8) is 0 Å². The van der Waals surface area contributed by atoms with Crippen LogP contribution in [-0.2, 0) is 12.6 Å². The highest BCUT2D eigenvalue weighted by molar-refractivity contribution is 5.14. The van der Waals surface area contributed by atoms with Gasteiger partial charge < -0.3 is 0 Å². The molecule has 1 heterocycles. The van der Waals surface area contributed by atoms with Gasteiger partial charge in [0.1, 0.15) is 0 Å². The fourth-order valence-corrected chi connectivity index (χ4v) is 1.22. The van der Waals surface area contributed by atoms with E-state index in [1.165, 1.54) is 0 Å². The van der Waals surface area contributed by atoms with E-state index in [1.54, 1.807) is 20.8 Å². The molecule has 0 aromatic carbocycles. The van der Waals surface area contributed by atoms with Crippen LogP contribution in [0, 0.1) is 0 Å². The molecule has 0 atom stereocenters. The second kappa shape index (κ2) is 3.59. The molecule has 14 heavy (non-hydrogen) atoms. The average molecular weight is 207 g/mol. The highest BCUT2D eigenvalue weighted by atomic mass is 19.4. The summed E-state index contributed by atoms with van der Waals surface area (Å²) in [6.07, 6.45) is -4.14. The van der Waals surface area contributed by atoms with Crippen molar-refractivity contribution in [3.05, 3.63) is 11.4 Å². The molecule has 80 valence electrons. The lowest BCUT2D eigenvalue weighted by molar-refractivity contribution is -0.145. The quantitative estimate of drug-likeness (QED) is 0.745. The molecule has 0 radical (unpaired) electrons. The summed E-state index contributed by atoms with van der Waals surface area (Å²) in [5, 5.41) is 7.01. The molecule has 0 bridgehead atoms. The van der Waals surface area contributed by atoms with Crippen LogP contribution in [0.15, 0.2) is 0 Å². The Morgan fingerprint density at radius 1 is 1.36 bits per heavy atom. The Kier molecular flexibility index (Phi) is 2.82. The van der Waals surface area contributed by atoms with Crippen LogP contribution >= 0.6 is 0 Å². The van der Waals surface area contributed by atoms with Gasteiger partial charge in [-0.15, -0.1) is 5.10 Å². The van der Waals surface area contributed by atoms with E-state index in [0.29, 0.717) is 0 Å². The third-order valence-corrected chi connectivity index (χ3v) is 1.86. The van der Waals surface area contributed by atoms with Gasteiger partial charge in [0.15, 0.2) is 5.69 Å². The zero-order valence-corrected chi connectivity index (χ0v) is 8.26. The smallest absolute Gasteiger partial charge is 0.237 e. The lowest BCUT2D eigenvalue weighted by Crippen LogP contribution is -2.17. The Hall–Kier alpha value is -1.07. The van der Waals surface area contributed by atoms with Crippen molar-refractivity contribution in [2.45, 2.75) is 39.4 Å². The van der Waals surface area contributed by atoms with Crippen LogP contribution in [0.25, 0.3) is 0 Å². The normalized spacial score (nSPS) is 12.5. The fourth-order valence-electron chi connectivity index (χ4n) is 1.22. The molecule has 0 aliphatic rings. The predicted octanol–water partition coefficient (Wildman–Crippen LogP) is 2.44. The lowest BCUT2D eigenvalue weighted by Gasteiger charge is -2.12. The first-order valence-corrected chi connectivity index (χ1v) is 4.39. The van der Waals surface area contributed by atoms with Gasteiger partial charge in [0.05, 0.1) is 5.69 Å². The molecule has 1 aromatic rings. The standard InChI is InChI=1S/C8H12F3N3/c1-4-6-7(8(9,10)11)14(5(2)3)13-12-6/h5H,4H2,1-3H3. The first-order chi connectivity index (χ1) is 6.38. The molecule has 0 saturated carbocycles. The molecular weight excluding hydrogens is 195 g/mol. The fraction of sp³-hybridized carbons (Fsp3) is 0.750. The minimum Gasteiger partial charge on any atom is -0.237 e. The molecule has 1 aromatic heterocycles. The predicted molar refractivity (Wildman–Crippen MR) is 44.8 cm³/mol. The SMILES string of the molecule is CCc1nnn(C(C)C)c1C(F)(F)F. The third kappa shape index (κ3) is 1.88. The van der Waals surface area contributed by atoms with Crippen molar-refractivity contribution in [1.29, 1.82) is 0 Å². The van der Waals surface area contributed by atoms with Crippen molar-refractivity contribution in [3.8, 4) is 0 Å². The number of aryl methyl sites for hydroxylation is 1. The number of aromatic nitrogens is 3. The summed E-state index contributed by atoms with van der Waals surface area (Å²) in [4.78, 5) is 0. The minimum atomic E-state index is -4.38. The van der Waals surface area contributed by atoms with Gasteiger partial charge in [-0.3, -0.25) is 0 Å². The van der Waals surface area contributed by atoms with E-state index in [1.807, 2.05) is 0 Å². The molecule has 0 aliphatic heterocycles. The molecule has 0 spiro atoms. The van der Waals surface area contributed by atoms with Crippen molar-refractivity contribution in [2.75, 3.05) is 0 Å². The summed E-state index contributed by atoms with van der Waals surface area (Å²) in [5.41, 5.74) is -0.721. The van der Waals surface area contributed by atoms with Crippen LogP contribution in [-0.4, -0.2) is 15.0 Å². The second-order valence-corrected chi connectivity index (χ2v) is 3.27. The van der Waals surface area contributed by atoms with Crippen LogP contribution in [0.4, 0.5) is 13.2 Å². The number of rotatable bonds is 2. The van der Waals surface area contributed by atoms with Crippen LogP contribution in [0.3, 0.4) is 0 Å². The van der Waals surface area contributed by atoms with Crippen LogP contribution in [0.2, 0.25) is 0 Å². The molecular formula is C8H12F3N3. The van der Waals surface area contributed by atoms with Crippen LogP contribution in [0.1, 0.15) is 38.2 Å². The van der Waals surface area contributed by atoms with Gasteiger partial charge in [-0.2, -0.15) is 13.2 Å². The number of halogens is 3. The van der Waals surface area contributed by atoms with E-state index >= 15 is 0 Å². The average Bonchev–Trinajstić information content (AvgIpc) is 2.45. The third-order valence-electron chi connectivity index (χ3n) is 1.86.